The van der Waals surface area contributed by atoms with Gasteiger partial charge in [0.1, 0.15) is 5.54 Å². The third-order valence-electron chi connectivity index (χ3n) is 3.10. The molecule has 0 amide bonds. The molecule has 0 aromatic carbocycles. The highest BCUT2D eigenvalue weighted by Crippen LogP contribution is 2.49. The fourth-order valence-electron chi connectivity index (χ4n) is 1.75. The number of nitrogens with one attached hydrogen (secondary N) is 1. The van der Waals surface area contributed by atoms with Crippen molar-refractivity contribution in [3.8, 4) is 0 Å². The van der Waals surface area contributed by atoms with Crippen LogP contribution in [-0.2, 0) is 13.1 Å². The SMILES string of the molecule is CCn1ccc(CNC2(C(F)(F)F)CC2)c1. The summed E-state index contributed by atoms with van der Waals surface area (Å²) in [6, 6.07) is 1.85. The second kappa shape index (κ2) is 3.80. The number of halogens is 3. The Morgan fingerprint density at radius 2 is 2.12 bits per heavy atom. The van der Waals surface area contributed by atoms with Gasteiger partial charge in [-0.3, -0.25) is 5.32 Å². The molecule has 0 bridgehead atoms. The molecule has 2 nitrogen and oxygen atoms in total. The molecule has 1 aliphatic carbocycles. The molecule has 1 heterocycles. The summed E-state index contributed by atoms with van der Waals surface area (Å²) < 4.78 is 39.8. The number of hydrogen-bond acceptors (Lipinski definition) is 1. The second-order valence-electron chi connectivity index (χ2n) is 4.28. The summed E-state index contributed by atoms with van der Waals surface area (Å²) in [7, 11) is 0. The van der Waals surface area contributed by atoms with Crippen molar-refractivity contribution in [1.29, 1.82) is 0 Å². The normalized spacial score (nSPS) is 18.8. The van der Waals surface area contributed by atoms with Gasteiger partial charge >= 0.3 is 6.18 Å². The molecule has 0 unspecified atom stereocenters. The minimum Gasteiger partial charge on any atom is -0.354 e. The first-order chi connectivity index (χ1) is 7.47. The third-order valence-corrected chi connectivity index (χ3v) is 3.10. The molecule has 1 fully saturated rings. The van der Waals surface area contributed by atoms with Crippen molar-refractivity contribution in [2.75, 3.05) is 0 Å². The van der Waals surface area contributed by atoms with Crippen LogP contribution in [0.5, 0.6) is 0 Å². The molecule has 5 heteroatoms. The summed E-state index contributed by atoms with van der Waals surface area (Å²) in [5, 5.41) is 2.63. The predicted octanol–water partition coefficient (Wildman–Crippen LogP) is 2.69. The van der Waals surface area contributed by atoms with Crippen LogP contribution in [0.2, 0.25) is 0 Å². The lowest BCUT2D eigenvalue weighted by molar-refractivity contribution is -0.166. The molecule has 0 aliphatic heterocycles. The standard InChI is InChI=1S/C11H15F3N2/c1-2-16-6-3-9(8-16)7-15-10(4-5-10)11(12,13)14/h3,6,8,15H,2,4-5,7H2,1H3. The van der Waals surface area contributed by atoms with Crippen LogP contribution in [0.15, 0.2) is 18.5 Å². The van der Waals surface area contributed by atoms with Crippen LogP contribution >= 0.6 is 0 Å². The summed E-state index contributed by atoms with van der Waals surface area (Å²) in [5.41, 5.74) is -0.709. The smallest absolute Gasteiger partial charge is 0.354 e. The molecule has 2 rings (SSSR count). The Bertz CT molecular complexity index is 364. The second-order valence-corrected chi connectivity index (χ2v) is 4.28. The average Bonchev–Trinajstić information content (AvgIpc) is 2.88. The van der Waals surface area contributed by atoms with Crippen LogP contribution in [0.25, 0.3) is 0 Å². The van der Waals surface area contributed by atoms with Gasteiger partial charge < -0.3 is 4.57 Å². The van der Waals surface area contributed by atoms with Gasteiger partial charge in [-0.25, -0.2) is 0 Å². The van der Waals surface area contributed by atoms with E-state index < -0.39 is 11.7 Å². The molecule has 1 saturated carbocycles. The van der Waals surface area contributed by atoms with Gasteiger partial charge in [0.2, 0.25) is 0 Å². The zero-order valence-electron chi connectivity index (χ0n) is 9.14. The predicted molar refractivity (Wildman–Crippen MR) is 55.0 cm³/mol. The number of alkyl halides is 3. The molecular formula is C11H15F3N2. The Morgan fingerprint density at radius 3 is 2.56 bits per heavy atom. The van der Waals surface area contributed by atoms with Crippen LogP contribution in [0, 0.1) is 0 Å². The number of nitrogens with zero attached hydrogens (tertiary/aromatic N) is 1. The van der Waals surface area contributed by atoms with E-state index in [0.29, 0.717) is 0 Å². The van der Waals surface area contributed by atoms with Crippen LogP contribution in [-0.4, -0.2) is 16.3 Å². The summed E-state index contributed by atoms with van der Waals surface area (Å²) in [6.45, 7) is 3.12. The molecular weight excluding hydrogens is 217 g/mol. The molecule has 0 radical (unpaired) electrons. The number of hydrogen-bond donors (Lipinski definition) is 1. The molecule has 1 N–H and O–H groups in total. The first-order valence-electron chi connectivity index (χ1n) is 5.43. The van der Waals surface area contributed by atoms with Crippen molar-refractivity contribution in [2.45, 2.75) is 44.6 Å². The van der Waals surface area contributed by atoms with Gasteiger partial charge in [0.15, 0.2) is 0 Å². The maximum Gasteiger partial charge on any atom is 0.406 e. The van der Waals surface area contributed by atoms with E-state index in [1.54, 1.807) is 0 Å². The van der Waals surface area contributed by atoms with Gasteiger partial charge in [-0.05, 0) is 31.4 Å². The zero-order valence-corrected chi connectivity index (χ0v) is 9.14. The summed E-state index contributed by atoms with van der Waals surface area (Å²) >= 11 is 0. The molecule has 1 aromatic heterocycles. The monoisotopic (exact) mass is 232 g/mol. The molecule has 1 aliphatic rings. The van der Waals surface area contributed by atoms with Crippen LogP contribution in [0.4, 0.5) is 13.2 Å². The van der Waals surface area contributed by atoms with Gasteiger partial charge in [0.25, 0.3) is 0 Å². The van der Waals surface area contributed by atoms with E-state index in [4.69, 9.17) is 0 Å². The highest BCUT2D eigenvalue weighted by Gasteiger charge is 2.62. The fourth-order valence-corrected chi connectivity index (χ4v) is 1.75. The largest absolute Gasteiger partial charge is 0.406 e. The number of rotatable bonds is 4. The Hall–Kier alpha value is -0.970. The Morgan fingerprint density at radius 1 is 1.44 bits per heavy atom. The van der Waals surface area contributed by atoms with E-state index in [1.807, 2.05) is 30.0 Å². The molecule has 90 valence electrons. The van der Waals surface area contributed by atoms with Crippen LogP contribution in [0.1, 0.15) is 25.3 Å². The van der Waals surface area contributed by atoms with E-state index in [9.17, 15) is 13.2 Å². The minimum absolute atomic E-state index is 0.199. The lowest BCUT2D eigenvalue weighted by Gasteiger charge is -2.20. The van der Waals surface area contributed by atoms with Crippen LogP contribution in [0.3, 0.4) is 0 Å². The van der Waals surface area contributed by atoms with Crippen molar-refractivity contribution in [3.05, 3.63) is 24.0 Å². The Kier molecular flexibility index (Phi) is 2.74. The van der Waals surface area contributed by atoms with Crippen molar-refractivity contribution in [1.82, 2.24) is 9.88 Å². The minimum atomic E-state index is -4.12. The Labute approximate surface area is 92.4 Å². The third kappa shape index (κ3) is 2.09. The van der Waals surface area contributed by atoms with Gasteiger partial charge in [-0.2, -0.15) is 13.2 Å². The molecule has 16 heavy (non-hydrogen) atoms. The summed E-state index contributed by atoms with van der Waals surface area (Å²) in [6.07, 6.45) is 0.0277. The van der Waals surface area contributed by atoms with Crippen molar-refractivity contribution >= 4 is 0 Å². The van der Waals surface area contributed by atoms with E-state index in [1.165, 1.54) is 0 Å². The quantitative estimate of drug-likeness (QED) is 0.844. The van der Waals surface area contributed by atoms with Crippen molar-refractivity contribution in [3.63, 3.8) is 0 Å². The maximum atomic E-state index is 12.6. The number of aromatic nitrogens is 1. The van der Waals surface area contributed by atoms with Crippen LogP contribution < -0.4 is 5.32 Å². The molecule has 0 saturated heterocycles. The van der Waals surface area contributed by atoms with E-state index in [2.05, 4.69) is 5.32 Å². The molecule has 0 atom stereocenters. The van der Waals surface area contributed by atoms with Gasteiger partial charge in [0, 0.05) is 25.5 Å². The molecule has 0 spiro atoms. The van der Waals surface area contributed by atoms with Crippen molar-refractivity contribution in [2.24, 2.45) is 0 Å². The lowest BCUT2D eigenvalue weighted by Crippen LogP contribution is -2.44. The number of aryl methyl sites for hydroxylation is 1. The first kappa shape index (κ1) is 11.5. The van der Waals surface area contributed by atoms with Gasteiger partial charge in [-0.15, -0.1) is 0 Å². The topological polar surface area (TPSA) is 17.0 Å². The Balaban J connectivity index is 1.93. The van der Waals surface area contributed by atoms with E-state index in [0.717, 1.165) is 12.1 Å². The average molecular weight is 232 g/mol. The highest BCUT2D eigenvalue weighted by atomic mass is 19.4. The van der Waals surface area contributed by atoms with Gasteiger partial charge in [0.05, 0.1) is 0 Å². The first-order valence-corrected chi connectivity index (χ1v) is 5.43. The fraction of sp³-hybridized carbons (Fsp3) is 0.636. The van der Waals surface area contributed by atoms with Gasteiger partial charge in [-0.1, -0.05) is 0 Å². The summed E-state index contributed by atoms with van der Waals surface area (Å²) in [4.78, 5) is 0. The lowest BCUT2D eigenvalue weighted by atomic mass is 10.2. The zero-order chi connectivity index (χ0) is 11.8. The highest BCUT2D eigenvalue weighted by molar-refractivity contribution is 5.14. The maximum absolute atomic E-state index is 12.6. The summed E-state index contributed by atoms with van der Waals surface area (Å²) in [5.74, 6) is 0. The molecule has 1 aromatic rings. The van der Waals surface area contributed by atoms with E-state index >= 15 is 0 Å². The van der Waals surface area contributed by atoms with E-state index in [-0.39, 0.29) is 19.4 Å². The van der Waals surface area contributed by atoms with Crippen molar-refractivity contribution < 1.29 is 13.2 Å².